The van der Waals surface area contributed by atoms with Gasteiger partial charge in [0.15, 0.2) is 12.2 Å². The molecule has 9 atom stereocenters. The predicted octanol–water partition coefficient (Wildman–Crippen LogP) is 1.85. The van der Waals surface area contributed by atoms with Crippen molar-refractivity contribution in [1.29, 1.82) is 0 Å². The zero-order chi connectivity index (χ0) is 24.4. The minimum absolute atomic E-state index is 0.143. The molecule has 0 amide bonds. The molecule has 9 nitrogen and oxygen atoms in total. The van der Waals surface area contributed by atoms with Gasteiger partial charge in [-0.15, -0.1) is 0 Å². The number of nitrogens with zero attached hydrogens (tertiary/aromatic N) is 1. The van der Waals surface area contributed by atoms with E-state index in [1.165, 1.54) is 25.7 Å². The number of carbonyl (C=O) groups excluding carboxylic acids is 3. The van der Waals surface area contributed by atoms with Gasteiger partial charge < -0.3 is 23.7 Å². The van der Waals surface area contributed by atoms with Gasteiger partial charge in [0.05, 0.1) is 19.8 Å². The van der Waals surface area contributed by atoms with E-state index >= 15 is 0 Å². The van der Waals surface area contributed by atoms with E-state index in [9.17, 15) is 14.4 Å². The Balaban J connectivity index is 1.08. The molecule has 4 saturated heterocycles. The summed E-state index contributed by atoms with van der Waals surface area (Å²) in [6.45, 7) is 2.66. The number of hydrogen-bond donors (Lipinski definition) is 0. The maximum absolute atomic E-state index is 13.9. The Kier molecular flexibility index (Phi) is 5.82. The van der Waals surface area contributed by atoms with Crippen molar-refractivity contribution in [3.05, 3.63) is 0 Å². The Labute approximate surface area is 211 Å². The Bertz CT molecular complexity index is 911. The van der Waals surface area contributed by atoms with E-state index < -0.39 is 53.8 Å². The molecule has 0 aromatic heterocycles. The molecular formula is C27H37NO8. The predicted molar refractivity (Wildman–Crippen MR) is 124 cm³/mol. The van der Waals surface area contributed by atoms with Crippen LogP contribution < -0.4 is 0 Å². The van der Waals surface area contributed by atoms with Crippen molar-refractivity contribution in [2.24, 2.45) is 29.6 Å². The van der Waals surface area contributed by atoms with Crippen molar-refractivity contribution in [1.82, 2.24) is 4.90 Å². The summed E-state index contributed by atoms with van der Waals surface area (Å²) in [5.74, 6) is -0.790. The van der Waals surface area contributed by atoms with E-state index in [0.29, 0.717) is 38.1 Å². The highest BCUT2D eigenvalue weighted by atomic mass is 16.7. The van der Waals surface area contributed by atoms with Crippen molar-refractivity contribution in [2.75, 3.05) is 32.8 Å². The Morgan fingerprint density at radius 2 is 1.81 bits per heavy atom. The highest BCUT2D eigenvalue weighted by Gasteiger charge is 2.72. The molecule has 9 heteroatoms. The van der Waals surface area contributed by atoms with Crippen LogP contribution in [0.1, 0.15) is 57.8 Å². The van der Waals surface area contributed by atoms with E-state index in [-0.39, 0.29) is 12.5 Å². The van der Waals surface area contributed by atoms with Crippen molar-refractivity contribution in [3.8, 4) is 0 Å². The van der Waals surface area contributed by atoms with E-state index in [4.69, 9.17) is 23.7 Å². The summed E-state index contributed by atoms with van der Waals surface area (Å²) in [5.41, 5.74) is -0.429. The maximum Gasteiger partial charge on any atom is 0.320 e. The lowest BCUT2D eigenvalue weighted by molar-refractivity contribution is -0.186. The van der Waals surface area contributed by atoms with Gasteiger partial charge in [-0.05, 0) is 56.8 Å². The third-order valence-electron chi connectivity index (χ3n) is 10.3. The van der Waals surface area contributed by atoms with Gasteiger partial charge in [-0.1, -0.05) is 12.8 Å². The van der Waals surface area contributed by atoms with Gasteiger partial charge >= 0.3 is 17.9 Å². The molecule has 0 N–H and O–H groups in total. The fourth-order valence-corrected chi connectivity index (χ4v) is 8.73. The zero-order valence-corrected chi connectivity index (χ0v) is 20.8. The van der Waals surface area contributed by atoms with Gasteiger partial charge in [0, 0.05) is 19.0 Å². The minimum Gasteiger partial charge on any atom is -0.458 e. The molecule has 3 aliphatic carbocycles. The van der Waals surface area contributed by atoms with Gasteiger partial charge in [-0.3, -0.25) is 19.3 Å². The van der Waals surface area contributed by atoms with Crippen molar-refractivity contribution < 1.29 is 38.1 Å². The van der Waals surface area contributed by atoms with E-state index in [1.54, 1.807) is 0 Å². The van der Waals surface area contributed by atoms with Crippen LogP contribution in [0.3, 0.4) is 0 Å². The molecule has 0 radical (unpaired) electrons. The summed E-state index contributed by atoms with van der Waals surface area (Å²) in [5, 5.41) is 0. The lowest BCUT2D eigenvalue weighted by atomic mass is 9.69. The van der Waals surface area contributed by atoms with E-state index in [2.05, 4.69) is 0 Å². The fourth-order valence-electron chi connectivity index (χ4n) is 8.73. The van der Waals surface area contributed by atoms with Gasteiger partial charge in [-0.25, -0.2) is 0 Å². The number of fused-ring (bicyclic) bond motifs is 3. The second kappa shape index (κ2) is 8.95. The molecule has 9 unspecified atom stereocenters. The molecule has 3 saturated carbocycles. The fraction of sp³-hybridized carbons (Fsp3) is 0.889. The van der Waals surface area contributed by atoms with Crippen LogP contribution in [-0.4, -0.2) is 85.7 Å². The number of esters is 3. The van der Waals surface area contributed by atoms with Crippen molar-refractivity contribution in [3.63, 3.8) is 0 Å². The van der Waals surface area contributed by atoms with E-state index in [0.717, 1.165) is 38.0 Å². The lowest BCUT2D eigenvalue weighted by Crippen LogP contribution is -2.52. The van der Waals surface area contributed by atoms with Gasteiger partial charge in [0.25, 0.3) is 0 Å². The minimum atomic E-state index is -0.778. The average Bonchev–Trinajstić information content (AvgIpc) is 3.68. The van der Waals surface area contributed by atoms with Gasteiger partial charge in [0.2, 0.25) is 0 Å². The topological polar surface area (TPSA) is 101 Å². The summed E-state index contributed by atoms with van der Waals surface area (Å²) in [6, 6.07) is 0. The number of morpholine rings is 1. The van der Waals surface area contributed by atoms with Gasteiger partial charge in [0.1, 0.15) is 29.6 Å². The van der Waals surface area contributed by atoms with E-state index in [1.807, 2.05) is 4.90 Å². The quantitative estimate of drug-likeness (QED) is 0.397. The first-order valence-corrected chi connectivity index (χ1v) is 14.1. The number of rotatable bonds is 6. The van der Waals surface area contributed by atoms with Crippen LogP contribution in [0.15, 0.2) is 0 Å². The summed E-state index contributed by atoms with van der Waals surface area (Å²) < 4.78 is 29.4. The zero-order valence-electron chi connectivity index (χ0n) is 20.8. The SMILES string of the molecule is O=C(CN1CCOCC1)OC1C2OC(=O)C3C2OC1C3C(=O)OC1(C2CC3CCC2C3)CCCCC1. The third-order valence-corrected chi connectivity index (χ3v) is 10.3. The maximum atomic E-state index is 13.9. The first kappa shape index (κ1) is 23.4. The van der Waals surface area contributed by atoms with Crippen LogP contribution in [0, 0.1) is 29.6 Å². The standard InChI is InChI=1S/C27H37NO8/c29-18(14-28-8-10-32-11-9-28)33-23-22-20(19-21(34-22)24(23)35-25(19)30)26(31)36-27(6-2-1-3-7-27)17-13-15-4-5-16(17)12-15/h15-17,19-24H,1-14H2. The molecule has 0 aromatic rings. The first-order valence-electron chi connectivity index (χ1n) is 14.1. The number of ether oxygens (including phenoxy) is 5. The molecular weight excluding hydrogens is 466 g/mol. The average molecular weight is 504 g/mol. The van der Waals surface area contributed by atoms with Crippen LogP contribution in [0.25, 0.3) is 0 Å². The molecule has 7 rings (SSSR count). The molecule has 7 aliphatic rings. The lowest BCUT2D eigenvalue weighted by Gasteiger charge is -2.45. The highest BCUT2D eigenvalue weighted by molar-refractivity contribution is 5.87. The van der Waals surface area contributed by atoms with Crippen LogP contribution in [0.4, 0.5) is 0 Å². The normalized spacial score (nSPS) is 44.6. The molecule has 0 spiro atoms. The summed E-state index contributed by atoms with van der Waals surface area (Å²) in [4.78, 5) is 41.5. The molecule has 0 aromatic carbocycles. The first-order chi connectivity index (χ1) is 17.5. The number of hydrogen-bond acceptors (Lipinski definition) is 9. The third kappa shape index (κ3) is 3.71. The molecule has 36 heavy (non-hydrogen) atoms. The highest BCUT2D eigenvalue weighted by Crippen LogP contribution is 2.57. The monoisotopic (exact) mass is 503 g/mol. The Morgan fingerprint density at radius 1 is 1.00 bits per heavy atom. The van der Waals surface area contributed by atoms with Crippen molar-refractivity contribution in [2.45, 2.75) is 87.8 Å². The molecule has 4 aliphatic heterocycles. The van der Waals surface area contributed by atoms with Gasteiger partial charge in [-0.2, -0.15) is 0 Å². The molecule has 4 bridgehead atoms. The second-order valence-electron chi connectivity index (χ2n) is 12.2. The van der Waals surface area contributed by atoms with Crippen molar-refractivity contribution >= 4 is 17.9 Å². The Hall–Kier alpha value is -1.71. The second-order valence-corrected chi connectivity index (χ2v) is 12.2. The summed E-state index contributed by atoms with van der Waals surface area (Å²) in [6.07, 6.45) is 7.44. The van der Waals surface area contributed by atoms with Crippen LogP contribution >= 0.6 is 0 Å². The summed E-state index contributed by atoms with van der Waals surface area (Å²) >= 11 is 0. The van der Waals surface area contributed by atoms with Crippen LogP contribution in [0.5, 0.6) is 0 Å². The van der Waals surface area contributed by atoms with Crippen LogP contribution in [-0.2, 0) is 38.1 Å². The number of carbonyl (C=O) groups is 3. The Morgan fingerprint density at radius 3 is 2.53 bits per heavy atom. The van der Waals surface area contributed by atoms with Crippen LogP contribution in [0.2, 0.25) is 0 Å². The smallest absolute Gasteiger partial charge is 0.320 e. The molecule has 4 heterocycles. The largest absolute Gasteiger partial charge is 0.458 e. The molecule has 7 fully saturated rings. The summed E-state index contributed by atoms with van der Waals surface area (Å²) in [7, 11) is 0. The molecule has 198 valence electrons.